The fraction of sp³-hybridized carbons (Fsp3) is 0.316. The lowest BCUT2D eigenvalue weighted by atomic mass is 10.2. The van der Waals surface area contributed by atoms with Crippen LogP contribution in [0, 0.1) is 12.7 Å². The number of hydrogen-bond acceptors (Lipinski definition) is 4. The summed E-state index contributed by atoms with van der Waals surface area (Å²) in [6.07, 6.45) is 3.74. The lowest BCUT2D eigenvalue weighted by molar-refractivity contribution is 0.305. The summed E-state index contributed by atoms with van der Waals surface area (Å²) in [5.41, 5.74) is 2.00. The first-order chi connectivity index (χ1) is 12.2. The lowest BCUT2D eigenvalue weighted by Gasteiger charge is -2.07. The number of aromatic amines is 1. The summed E-state index contributed by atoms with van der Waals surface area (Å²) in [4.78, 5) is 0. The third-order valence-electron chi connectivity index (χ3n) is 3.85. The van der Waals surface area contributed by atoms with Crippen LogP contribution in [0.25, 0.3) is 11.5 Å². The van der Waals surface area contributed by atoms with Gasteiger partial charge in [-0.15, -0.1) is 0 Å². The zero-order valence-electron chi connectivity index (χ0n) is 14.2. The molecule has 0 saturated carbocycles. The number of furan rings is 1. The van der Waals surface area contributed by atoms with Gasteiger partial charge in [0.2, 0.25) is 0 Å². The molecule has 0 spiro atoms. The van der Waals surface area contributed by atoms with Gasteiger partial charge >= 0.3 is 0 Å². The van der Waals surface area contributed by atoms with Crippen molar-refractivity contribution in [2.24, 2.45) is 0 Å². The Morgan fingerprint density at radius 3 is 2.76 bits per heavy atom. The van der Waals surface area contributed by atoms with Crippen LogP contribution in [-0.2, 0) is 6.54 Å². The summed E-state index contributed by atoms with van der Waals surface area (Å²) >= 11 is 0. The Morgan fingerprint density at radius 1 is 1.16 bits per heavy atom. The van der Waals surface area contributed by atoms with Gasteiger partial charge in [-0.2, -0.15) is 5.10 Å². The molecule has 132 valence electrons. The Kier molecular flexibility index (Phi) is 5.85. The summed E-state index contributed by atoms with van der Waals surface area (Å²) in [5.74, 6) is 2.13. The van der Waals surface area contributed by atoms with Gasteiger partial charge in [0, 0.05) is 12.1 Å². The van der Waals surface area contributed by atoms with Crippen molar-refractivity contribution in [2.75, 3.05) is 13.2 Å². The van der Waals surface area contributed by atoms with E-state index < -0.39 is 0 Å². The number of rotatable bonds is 9. The van der Waals surface area contributed by atoms with Crippen LogP contribution in [0.1, 0.15) is 24.2 Å². The van der Waals surface area contributed by atoms with Crippen molar-refractivity contribution in [2.45, 2.75) is 26.3 Å². The Bertz CT molecular complexity index is 780. The van der Waals surface area contributed by atoms with E-state index in [0.29, 0.717) is 12.4 Å². The van der Waals surface area contributed by atoms with Gasteiger partial charge in [0.05, 0.1) is 12.8 Å². The number of benzene rings is 1. The topological polar surface area (TPSA) is 63.1 Å². The van der Waals surface area contributed by atoms with Gasteiger partial charge in [-0.05, 0) is 62.7 Å². The number of aryl methyl sites for hydroxylation is 1. The molecule has 0 unspecified atom stereocenters. The van der Waals surface area contributed by atoms with Crippen LogP contribution in [-0.4, -0.2) is 23.3 Å². The second-order valence-electron chi connectivity index (χ2n) is 5.87. The maximum Gasteiger partial charge on any atom is 0.152 e. The number of hydrogen-bond donors (Lipinski definition) is 2. The summed E-state index contributed by atoms with van der Waals surface area (Å²) in [5, 5.41) is 10.5. The molecule has 5 nitrogen and oxygen atoms in total. The summed E-state index contributed by atoms with van der Waals surface area (Å²) in [6.45, 7) is 4.15. The van der Waals surface area contributed by atoms with Crippen molar-refractivity contribution in [1.29, 1.82) is 0 Å². The molecule has 2 heterocycles. The molecule has 6 heteroatoms. The van der Waals surface area contributed by atoms with E-state index in [0.717, 1.165) is 48.7 Å². The van der Waals surface area contributed by atoms with E-state index in [2.05, 4.69) is 15.5 Å². The smallest absolute Gasteiger partial charge is 0.152 e. The molecule has 0 aliphatic heterocycles. The van der Waals surface area contributed by atoms with Crippen LogP contribution in [0.5, 0.6) is 5.75 Å². The van der Waals surface area contributed by atoms with E-state index in [4.69, 9.17) is 9.15 Å². The minimum absolute atomic E-state index is 0.250. The van der Waals surface area contributed by atoms with E-state index in [1.165, 1.54) is 12.1 Å². The second-order valence-corrected chi connectivity index (χ2v) is 5.87. The zero-order chi connectivity index (χ0) is 17.5. The Balaban J connectivity index is 1.34. The average molecular weight is 343 g/mol. The molecule has 0 radical (unpaired) electrons. The first-order valence-corrected chi connectivity index (χ1v) is 8.40. The molecule has 3 rings (SSSR count). The van der Waals surface area contributed by atoms with Gasteiger partial charge in [0.1, 0.15) is 23.0 Å². The predicted octanol–water partition coefficient (Wildman–Crippen LogP) is 4.07. The number of aromatic nitrogens is 2. The highest BCUT2D eigenvalue weighted by atomic mass is 19.1. The lowest BCUT2D eigenvalue weighted by Crippen LogP contribution is -2.15. The summed E-state index contributed by atoms with van der Waals surface area (Å²) < 4.78 is 24.0. The molecule has 0 aliphatic carbocycles. The molecular formula is C19H22FN3O2. The molecule has 3 aromatic rings. The third kappa shape index (κ3) is 4.93. The van der Waals surface area contributed by atoms with E-state index in [9.17, 15) is 4.39 Å². The maximum absolute atomic E-state index is 12.8. The molecule has 0 saturated heterocycles. The second kappa shape index (κ2) is 8.48. The van der Waals surface area contributed by atoms with Crippen molar-refractivity contribution < 1.29 is 13.5 Å². The SMILES string of the molecule is Cc1ccc(-c2[nH]ncc2CNCCCCOc2ccc(F)cc2)o1. The van der Waals surface area contributed by atoms with E-state index in [1.807, 2.05) is 25.3 Å². The van der Waals surface area contributed by atoms with Crippen molar-refractivity contribution in [3.8, 4) is 17.2 Å². The number of ether oxygens (including phenoxy) is 1. The molecule has 0 aliphatic rings. The maximum atomic E-state index is 12.8. The molecule has 2 aromatic heterocycles. The van der Waals surface area contributed by atoms with Crippen LogP contribution < -0.4 is 10.1 Å². The van der Waals surface area contributed by atoms with Crippen LogP contribution in [0.15, 0.2) is 47.0 Å². The molecule has 0 amide bonds. The van der Waals surface area contributed by atoms with Crippen LogP contribution in [0.4, 0.5) is 4.39 Å². The number of H-pyrrole nitrogens is 1. The molecule has 0 bridgehead atoms. The molecular weight excluding hydrogens is 321 g/mol. The highest BCUT2D eigenvalue weighted by Crippen LogP contribution is 2.23. The monoisotopic (exact) mass is 343 g/mol. The molecule has 2 N–H and O–H groups in total. The van der Waals surface area contributed by atoms with E-state index in [1.54, 1.807) is 12.1 Å². The number of unbranched alkanes of at least 4 members (excludes halogenated alkanes) is 1. The molecule has 0 fully saturated rings. The van der Waals surface area contributed by atoms with Crippen LogP contribution >= 0.6 is 0 Å². The number of halogens is 1. The molecule has 0 atom stereocenters. The average Bonchev–Trinajstić information content (AvgIpc) is 3.24. The minimum atomic E-state index is -0.250. The van der Waals surface area contributed by atoms with E-state index >= 15 is 0 Å². The molecule has 1 aromatic carbocycles. The van der Waals surface area contributed by atoms with Crippen molar-refractivity contribution >= 4 is 0 Å². The van der Waals surface area contributed by atoms with Crippen molar-refractivity contribution in [1.82, 2.24) is 15.5 Å². The zero-order valence-corrected chi connectivity index (χ0v) is 14.2. The standard InChI is InChI=1S/C19H22FN3O2/c1-14-4-9-18(25-14)19-15(13-22-23-19)12-21-10-2-3-11-24-17-7-5-16(20)6-8-17/h4-9,13,21H,2-3,10-12H2,1H3,(H,22,23). The quantitative estimate of drug-likeness (QED) is 0.575. The van der Waals surface area contributed by atoms with Gasteiger partial charge in [-0.1, -0.05) is 0 Å². The fourth-order valence-corrected chi connectivity index (χ4v) is 2.52. The van der Waals surface area contributed by atoms with Gasteiger partial charge in [0.25, 0.3) is 0 Å². The largest absolute Gasteiger partial charge is 0.494 e. The predicted molar refractivity (Wildman–Crippen MR) is 93.9 cm³/mol. The van der Waals surface area contributed by atoms with Crippen LogP contribution in [0.2, 0.25) is 0 Å². The van der Waals surface area contributed by atoms with Gasteiger partial charge in [-0.25, -0.2) is 4.39 Å². The normalized spacial score (nSPS) is 11.0. The minimum Gasteiger partial charge on any atom is -0.494 e. The summed E-state index contributed by atoms with van der Waals surface area (Å²) in [6, 6.07) is 9.97. The number of nitrogens with one attached hydrogen (secondary N) is 2. The first kappa shape index (κ1) is 17.2. The molecule has 25 heavy (non-hydrogen) atoms. The van der Waals surface area contributed by atoms with Crippen molar-refractivity contribution in [3.05, 3.63) is 59.7 Å². The Morgan fingerprint density at radius 2 is 2.00 bits per heavy atom. The fourth-order valence-electron chi connectivity index (χ4n) is 2.52. The highest BCUT2D eigenvalue weighted by molar-refractivity contribution is 5.56. The van der Waals surface area contributed by atoms with Crippen LogP contribution in [0.3, 0.4) is 0 Å². The summed E-state index contributed by atoms with van der Waals surface area (Å²) in [7, 11) is 0. The van der Waals surface area contributed by atoms with E-state index in [-0.39, 0.29) is 5.82 Å². The Labute approximate surface area is 146 Å². The van der Waals surface area contributed by atoms with Gasteiger partial charge in [0.15, 0.2) is 5.76 Å². The van der Waals surface area contributed by atoms with Crippen molar-refractivity contribution in [3.63, 3.8) is 0 Å². The Hall–Kier alpha value is -2.60. The third-order valence-corrected chi connectivity index (χ3v) is 3.85. The first-order valence-electron chi connectivity index (χ1n) is 8.40. The van der Waals surface area contributed by atoms with Gasteiger partial charge < -0.3 is 14.5 Å². The highest BCUT2D eigenvalue weighted by Gasteiger charge is 2.10. The van der Waals surface area contributed by atoms with Gasteiger partial charge in [-0.3, -0.25) is 5.10 Å². The number of nitrogens with zero attached hydrogens (tertiary/aromatic N) is 1.